The van der Waals surface area contributed by atoms with Gasteiger partial charge < -0.3 is 0 Å². The molecule has 0 bridgehead atoms. The molecular weight excluding hydrogens is 148 g/mol. The van der Waals surface area contributed by atoms with E-state index in [1.807, 2.05) is 6.92 Å². The van der Waals surface area contributed by atoms with E-state index < -0.39 is 0 Å². The molecule has 0 unspecified atom stereocenters. The second-order valence-corrected chi connectivity index (χ2v) is 2.74. The van der Waals surface area contributed by atoms with Crippen LogP contribution in [0.3, 0.4) is 0 Å². The van der Waals surface area contributed by atoms with Crippen LogP contribution in [-0.4, -0.2) is 17.4 Å². The Balaban J connectivity index is 2.56. The molecule has 10 heavy (non-hydrogen) atoms. The van der Waals surface area contributed by atoms with E-state index in [4.69, 9.17) is 0 Å². The van der Waals surface area contributed by atoms with Crippen LogP contribution < -0.4 is 5.43 Å². The van der Waals surface area contributed by atoms with Crippen LogP contribution in [0.15, 0.2) is 5.10 Å². The van der Waals surface area contributed by atoms with Crippen molar-refractivity contribution in [2.45, 2.75) is 13.3 Å². The average Bonchev–Trinajstić information content (AvgIpc) is 2.20. The van der Waals surface area contributed by atoms with Crippen LogP contribution in [-0.2, 0) is 4.79 Å². The maximum atomic E-state index is 10.9. The zero-order valence-corrected chi connectivity index (χ0v) is 6.69. The van der Waals surface area contributed by atoms with Crippen molar-refractivity contribution in [3.63, 3.8) is 0 Å². The molecule has 0 saturated heterocycles. The van der Waals surface area contributed by atoms with Gasteiger partial charge in [-0.15, -0.1) is 0 Å². The molecule has 0 aromatic carbocycles. The summed E-state index contributed by atoms with van der Waals surface area (Å²) in [7, 11) is 0. The summed E-state index contributed by atoms with van der Waals surface area (Å²) >= 11 is 4.04. The predicted octanol–water partition coefficient (Wildman–Crippen LogP) is 0.428. The molecule has 0 fully saturated rings. The zero-order chi connectivity index (χ0) is 7.56. The largest absolute Gasteiger partial charge is 0.272 e. The van der Waals surface area contributed by atoms with E-state index >= 15 is 0 Å². The first-order chi connectivity index (χ1) is 4.75. The van der Waals surface area contributed by atoms with Crippen molar-refractivity contribution in [2.75, 3.05) is 5.75 Å². The number of amides is 1. The van der Waals surface area contributed by atoms with Crippen molar-refractivity contribution < 1.29 is 4.79 Å². The van der Waals surface area contributed by atoms with E-state index in [0.717, 1.165) is 17.9 Å². The van der Waals surface area contributed by atoms with Crippen LogP contribution in [0.2, 0.25) is 0 Å². The van der Waals surface area contributed by atoms with Crippen molar-refractivity contribution in [1.82, 2.24) is 5.43 Å². The average molecular weight is 158 g/mol. The molecule has 0 spiro atoms. The minimum atomic E-state index is -0.0301. The Morgan fingerprint density at radius 2 is 2.50 bits per heavy atom. The van der Waals surface area contributed by atoms with E-state index in [9.17, 15) is 4.79 Å². The van der Waals surface area contributed by atoms with Gasteiger partial charge in [-0.05, 0) is 19.1 Å². The number of rotatable bonds is 2. The SMILES string of the molecule is CC1=NNC(=O)[C@@H]1CCS. The first-order valence-corrected chi connectivity index (χ1v) is 3.84. The number of thiol groups is 1. The van der Waals surface area contributed by atoms with E-state index in [-0.39, 0.29) is 11.8 Å². The normalized spacial score (nSPS) is 24.4. The van der Waals surface area contributed by atoms with Crippen LogP contribution in [0.25, 0.3) is 0 Å². The van der Waals surface area contributed by atoms with Crippen molar-refractivity contribution >= 4 is 24.2 Å². The van der Waals surface area contributed by atoms with E-state index in [2.05, 4.69) is 23.2 Å². The van der Waals surface area contributed by atoms with Crippen LogP contribution in [0, 0.1) is 5.92 Å². The van der Waals surface area contributed by atoms with E-state index in [1.54, 1.807) is 0 Å². The van der Waals surface area contributed by atoms with Crippen LogP contribution in [0.4, 0.5) is 0 Å². The van der Waals surface area contributed by atoms with Gasteiger partial charge in [0.15, 0.2) is 0 Å². The Hall–Kier alpha value is -0.510. The molecule has 1 aliphatic rings. The van der Waals surface area contributed by atoms with Gasteiger partial charge in [0, 0.05) is 5.71 Å². The Morgan fingerprint density at radius 1 is 1.80 bits per heavy atom. The molecule has 0 saturated carbocycles. The lowest BCUT2D eigenvalue weighted by Crippen LogP contribution is -2.22. The predicted molar refractivity (Wildman–Crippen MR) is 43.2 cm³/mol. The number of hydrogen-bond donors (Lipinski definition) is 2. The summed E-state index contributed by atoms with van der Waals surface area (Å²) in [5.74, 6) is 0.703. The fraction of sp³-hybridized carbons (Fsp3) is 0.667. The molecule has 0 aromatic rings. The van der Waals surface area contributed by atoms with Gasteiger partial charge in [-0.3, -0.25) is 4.79 Å². The molecule has 0 aliphatic carbocycles. The van der Waals surface area contributed by atoms with Gasteiger partial charge in [0.25, 0.3) is 0 Å². The second kappa shape index (κ2) is 3.05. The maximum Gasteiger partial charge on any atom is 0.248 e. The first kappa shape index (κ1) is 7.60. The highest BCUT2D eigenvalue weighted by Gasteiger charge is 2.25. The van der Waals surface area contributed by atoms with Crippen LogP contribution >= 0.6 is 12.6 Å². The van der Waals surface area contributed by atoms with Gasteiger partial charge in [0.2, 0.25) is 5.91 Å². The third-order valence-corrected chi connectivity index (χ3v) is 1.84. The molecule has 4 heteroatoms. The topological polar surface area (TPSA) is 41.5 Å². The molecule has 1 atom stereocenters. The fourth-order valence-electron chi connectivity index (χ4n) is 0.958. The minimum Gasteiger partial charge on any atom is -0.272 e. The molecule has 1 rings (SSSR count). The smallest absolute Gasteiger partial charge is 0.248 e. The molecule has 3 nitrogen and oxygen atoms in total. The molecule has 1 aliphatic heterocycles. The first-order valence-electron chi connectivity index (χ1n) is 3.20. The Labute approximate surface area is 65.3 Å². The summed E-state index contributed by atoms with van der Waals surface area (Å²) in [6.07, 6.45) is 0.782. The molecule has 1 heterocycles. The lowest BCUT2D eigenvalue weighted by molar-refractivity contribution is -0.122. The number of carbonyl (C=O) groups excluding carboxylic acids is 1. The second-order valence-electron chi connectivity index (χ2n) is 2.29. The number of nitrogens with one attached hydrogen (secondary N) is 1. The maximum absolute atomic E-state index is 10.9. The van der Waals surface area contributed by atoms with Gasteiger partial charge in [0.05, 0.1) is 5.92 Å². The number of carbonyl (C=O) groups is 1. The summed E-state index contributed by atoms with van der Waals surface area (Å²) in [5.41, 5.74) is 3.29. The highest BCUT2D eigenvalue weighted by molar-refractivity contribution is 7.80. The van der Waals surface area contributed by atoms with E-state index in [0.29, 0.717) is 0 Å². The van der Waals surface area contributed by atoms with Crippen LogP contribution in [0.1, 0.15) is 13.3 Å². The lowest BCUT2D eigenvalue weighted by atomic mass is 10.0. The summed E-state index contributed by atoms with van der Waals surface area (Å²) in [4.78, 5) is 10.9. The number of hydrogen-bond acceptors (Lipinski definition) is 3. The van der Waals surface area contributed by atoms with Crippen molar-refractivity contribution in [3.05, 3.63) is 0 Å². The quantitative estimate of drug-likeness (QED) is 0.562. The molecule has 1 amide bonds. The van der Waals surface area contributed by atoms with Crippen molar-refractivity contribution in [1.29, 1.82) is 0 Å². The third-order valence-electron chi connectivity index (χ3n) is 1.58. The highest BCUT2D eigenvalue weighted by atomic mass is 32.1. The Morgan fingerprint density at radius 3 is 2.90 bits per heavy atom. The molecule has 56 valence electrons. The summed E-state index contributed by atoms with van der Waals surface area (Å²) < 4.78 is 0. The molecule has 1 N–H and O–H groups in total. The van der Waals surface area contributed by atoms with Gasteiger partial charge in [-0.1, -0.05) is 0 Å². The summed E-state index contributed by atoms with van der Waals surface area (Å²) in [5, 5.41) is 3.80. The summed E-state index contributed by atoms with van der Waals surface area (Å²) in [6, 6.07) is 0. The van der Waals surface area contributed by atoms with Gasteiger partial charge in [-0.2, -0.15) is 17.7 Å². The molecule has 0 radical (unpaired) electrons. The number of nitrogens with zero attached hydrogens (tertiary/aromatic N) is 1. The van der Waals surface area contributed by atoms with Gasteiger partial charge >= 0.3 is 0 Å². The highest BCUT2D eigenvalue weighted by Crippen LogP contribution is 2.11. The standard InChI is InChI=1S/C6H10N2OS/c1-4-5(2-3-10)6(9)8-7-4/h5,10H,2-3H2,1H3,(H,8,9)/t5-/m1/s1. The Kier molecular flexibility index (Phi) is 2.32. The Bertz CT molecular complexity index is 179. The van der Waals surface area contributed by atoms with Crippen molar-refractivity contribution in [2.24, 2.45) is 11.0 Å². The van der Waals surface area contributed by atoms with Gasteiger partial charge in [0.1, 0.15) is 0 Å². The van der Waals surface area contributed by atoms with Crippen molar-refractivity contribution in [3.8, 4) is 0 Å². The number of hydrazone groups is 1. The van der Waals surface area contributed by atoms with Crippen LogP contribution in [0.5, 0.6) is 0 Å². The van der Waals surface area contributed by atoms with Gasteiger partial charge in [-0.25, -0.2) is 5.43 Å². The fourth-order valence-corrected chi connectivity index (χ4v) is 1.22. The zero-order valence-electron chi connectivity index (χ0n) is 5.79. The summed E-state index contributed by atoms with van der Waals surface area (Å²) in [6.45, 7) is 1.85. The monoisotopic (exact) mass is 158 g/mol. The third kappa shape index (κ3) is 1.31. The lowest BCUT2D eigenvalue weighted by Gasteiger charge is -2.02. The molecule has 0 aromatic heterocycles. The van der Waals surface area contributed by atoms with E-state index in [1.165, 1.54) is 0 Å². The molecular formula is C6H10N2OS. The minimum absolute atomic E-state index is 0.00606.